The van der Waals surface area contributed by atoms with Crippen molar-refractivity contribution in [1.82, 2.24) is 25.2 Å². The molecule has 0 aliphatic heterocycles. The molecule has 4 aromatic rings. The van der Waals surface area contributed by atoms with E-state index >= 15 is 0 Å². The van der Waals surface area contributed by atoms with E-state index in [1.807, 2.05) is 54.6 Å². The fraction of sp³-hybridized carbons (Fsp3) is 0.120. The highest BCUT2D eigenvalue weighted by molar-refractivity contribution is 5.96. The summed E-state index contributed by atoms with van der Waals surface area (Å²) in [5, 5.41) is 7.91. The van der Waals surface area contributed by atoms with E-state index in [0.717, 1.165) is 21.9 Å². The highest BCUT2D eigenvalue weighted by Gasteiger charge is 2.20. The van der Waals surface area contributed by atoms with Crippen molar-refractivity contribution in [2.75, 3.05) is 0 Å². The third kappa shape index (κ3) is 5.66. The van der Waals surface area contributed by atoms with Gasteiger partial charge in [0.1, 0.15) is 6.04 Å². The normalized spacial score (nSPS) is 12.0. The van der Waals surface area contributed by atoms with Crippen LogP contribution in [0.1, 0.15) is 11.1 Å². The summed E-state index contributed by atoms with van der Waals surface area (Å²) >= 11 is 0. The van der Waals surface area contributed by atoms with Crippen LogP contribution >= 0.6 is 0 Å². The van der Waals surface area contributed by atoms with Gasteiger partial charge in [-0.05, 0) is 46.2 Å². The summed E-state index contributed by atoms with van der Waals surface area (Å²) in [6.45, 7) is 0.627. The molecule has 2 heterocycles. The lowest BCUT2D eigenvalue weighted by atomic mass is 10.1. The Morgan fingerprint density at radius 2 is 1.78 bits per heavy atom. The Balaban J connectivity index is 1.42. The van der Waals surface area contributed by atoms with Crippen molar-refractivity contribution in [2.45, 2.75) is 19.1 Å². The molecule has 0 fully saturated rings. The predicted octanol–water partition coefficient (Wildman–Crippen LogP) is 2.95. The van der Waals surface area contributed by atoms with Gasteiger partial charge in [0, 0.05) is 37.4 Å². The first-order valence-corrected chi connectivity index (χ1v) is 10.3. The maximum absolute atomic E-state index is 12.8. The number of hydrogen-bond donors (Lipinski definition) is 2. The van der Waals surface area contributed by atoms with E-state index in [0.29, 0.717) is 6.54 Å². The number of carbonyl (C=O) groups excluding carboxylic acids is 2. The molecule has 7 nitrogen and oxygen atoms in total. The zero-order valence-corrected chi connectivity index (χ0v) is 17.4. The first kappa shape index (κ1) is 21.0. The summed E-state index contributed by atoms with van der Waals surface area (Å²) in [5.41, 5.74) is 1.84. The maximum Gasteiger partial charge on any atom is 0.244 e. The number of fused-ring (bicyclic) bond motifs is 1. The number of aromatic nitrogens is 3. The summed E-state index contributed by atoms with van der Waals surface area (Å²) in [6.07, 6.45) is 11.5. The van der Waals surface area contributed by atoms with Crippen LogP contribution in [-0.2, 0) is 22.7 Å². The molecule has 4 rings (SSSR count). The summed E-state index contributed by atoms with van der Waals surface area (Å²) in [4.78, 5) is 33.4. The molecular formula is C25H23N5O2. The minimum atomic E-state index is -0.750. The van der Waals surface area contributed by atoms with Gasteiger partial charge in [-0.2, -0.15) is 0 Å². The van der Waals surface area contributed by atoms with E-state index < -0.39 is 6.04 Å². The van der Waals surface area contributed by atoms with E-state index in [2.05, 4.69) is 20.6 Å². The quantitative estimate of drug-likeness (QED) is 0.425. The fourth-order valence-corrected chi connectivity index (χ4v) is 3.32. The number of imidazole rings is 1. The van der Waals surface area contributed by atoms with E-state index in [-0.39, 0.29) is 18.4 Å². The molecule has 2 aromatic carbocycles. The number of benzene rings is 2. The second kappa shape index (κ2) is 10.2. The molecule has 0 saturated carbocycles. The lowest BCUT2D eigenvalue weighted by Crippen LogP contribution is -2.48. The molecule has 1 atom stereocenters. The number of carbonyl (C=O) groups is 2. The monoisotopic (exact) mass is 425 g/mol. The Kier molecular flexibility index (Phi) is 6.67. The van der Waals surface area contributed by atoms with Gasteiger partial charge in [-0.3, -0.25) is 14.6 Å². The van der Waals surface area contributed by atoms with Crippen LogP contribution in [0, 0.1) is 0 Å². The molecule has 0 radical (unpaired) electrons. The largest absolute Gasteiger partial charge is 0.350 e. The molecule has 0 spiro atoms. The topological polar surface area (TPSA) is 88.9 Å². The Morgan fingerprint density at radius 3 is 2.56 bits per heavy atom. The van der Waals surface area contributed by atoms with Crippen molar-refractivity contribution < 1.29 is 9.59 Å². The molecule has 0 saturated heterocycles. The molecule has 2 amide bonds. The molecule has 0 aliphatic carbocycles. The standard InChI is InChI=1S/C25H23N5O2/c31-24(8-6-19-5-7-21-3-1-2-4-22(21)15-19)29-23(17-30-14-13-27-18-30)25(32)28-16-20-9-11-26-12-10-20/h1-15,18,23H,16-17H2,(H,28,32)(H,29,31)/b8-6+. The number of nitrogens with one attached hydrogen (secondary N) is 2. The summed E-state index contributed by atoms with van der Waals surface area (Å²) < 4.78 is 1.75. The highest BCUT2D eigenvalue weighted by Crippen LogP contribution is 2.16. The van der Waals surface area contributed by atoms with Crippen LogP contribution in [0.25, 0.3) is 16.8 Å². The smallest absolute Gasteiger partial charge is 0.244 e. The molecule has 2 aromatic heterocycles. The average Bonchev–Trinajstić information content (AvgIpc) is 3.34. The minimum absolute atomic E-state index is 0.275. The van der Waals surface area contributed by atoms with Crippen LogP contribution in [0.15, 0.2) is 91.8 Å². The van der Waals surface area contributed by atoms with Gasteiger partial charge < -0.3 is 15.2 Å². The van der Waals surface area contributed by atoms with Crippen molar-refractivity contribution in [3.63, 3.8) is 0 Å². The van der Waals surface area contributed by atoms with Gasteiger partial charge in [0.05, 0.1) is 12.9 Å². The van der Waals surface area contributed by atoms with Gasteiger partial charge in [-0.1, -0.05) is 36.4 Å². The Labute approximate surface area is 185 Å². The van der Waals surface area contributed by atoms with Crippen LogP contribution in [0.4, 0.5) is 0 Å². The summed E-state index contributed by atoms with van der Waals surface area (Å²) in [5.74, 6) is -0.620. The van der Waals surface area contributed by atoms with Crippen molar-refractivity contribution >= 4 is 28.7 Å². The second-order valence-electron chi connectivity index (χ2n) is 7.33. The van der Waals surface area contributed by atoms with Crippen molar-refractivity contribution in [3.8, 4) is 0 Å². The molecule has 160 valence electrons. The molecule has 2 N–H and O–H groups in total. The lowest BCUT2D eigenvalue weighted by molar-refractivity contribution is -0.127. The molecule has 32 heavy (non-hydrogen) atoms. The van der Waals surface area contributed by atoms with Crippen molar-refractivity contribution in [1.29, 1.82) is 0 Å². The third-order valence-corrected chi connectivity index (χ3v) is 5.00. The first-order valence-electron chi connectivity index (χ1n) is 10.3. The van der Waals surface area contributed by atoms with Gasteiger partial charge in [-0.25, -0.2) is 4.98 Å². The average molecular weight is 425 g/mol. The van der Waals surface area contributed by atoms with Crippen LogP contribution in [0.5, 0.6) is 0 Å². The van der Waals surface area contributed by atoms with Crippen LogP contribution in [0.2, 0.25) is 0 Å². The molecule has 0 aliphatic rings. The number of amides is 2. The number of rotatable bonds is 8. The highest BCUT2D eigenvalue weighted by atomic mass is 16.2. The van der Waals surface area contributed by atoms with Gasteiger partial charge in [-0.15, -0.1) is 0 Å². The van der Waals surface area contributed by atoms with Gasteiger partial charge in [0.25, 0.3) is 0 Å². The zero-order valence-electron chi connectivity index (χ0n) is 17.4. The van der Waals surface area contributed by atoms with Crippen molar-refractivity contribution in [2.24, 2.45) is 0 Å². The maximum atomic E-state index is 12.8. The van der Waals surface area contributed by atoms with E-state index in [4.69, 9.17) is 0 Å². The second-order valence-corrected chi connectivity index (χ2v) is 7.33. The molecule has 0 bridgehead atoms. The minimum Gasteiger partial charge on any atom is -0.350 e. The number of hydrogen-bond acceptors (Lipinski definition) is 4. The molecule has 7 heteroatoms. The Hall–Kier alpha value is -4.26. The van der Waals surface area contributed by atoms with Crippen molar-refractivity contribution in [3.05, 3.63) is 103 Å². The SMILES string of the molecule is O=C(/C=C/c1ccc2ccccc2c1)NC(Cn1ccnc1)C(=O)NCc1ccncc1. The molecule has 1 unspecified atom stereocenters. The number of nitrogens with zero attached hydrogens (tertiary/aromatic N) is 3. The van der Waals surface area contributed by atoms with Crippen LogP contribution in [-0.4, -0.2) is 32.4 Å². The Morgan fingerprint density at radius 1 is 0.969 bits per heavy atom. The summed E-state index contributed by atoms with van der Waals surface area (Å²) in [6, 6.07) is 16.9. The fourth-order valence-electron chi connectivity index (χ4n) is 3.32. The van der Waals surface area contributed by atoms with Crippen LogP contribution in [0.3, 0.4) is 0 Å². The van der Waals surface area contributed by atoms with E-state index in [9.17, 15) is 9.59 Å². The number of pyridine rings is 1. The first-order chi connectivity index (χ1) is 15.7. The Bertz CT molecular complexity index is 1220. The van der Waals surface area contributed by atoms with Crippen LogP contribution < -0.4 is 10.6 Å². The molecular weight excluding hydrogens is 402 g/mol. The predicted molar refractivity (Wildman–Crippen MR) is 123 cm³/mol. The third-order valence-electron chi connectivity index (χ3n) is 5.00. The van der Waals surface area contributed by atoms with E-state index in [1.54, 1.807) is 41.8 Å². The lowest BCUT2D eigenvalue weighted by Gasteiger charge is -2.18. The van der Waals surface area contributed by atoms with Gasteiger partial charge >= 0.3 is 0 Å². The zero-order chi connectivity index (χ0) is 22.2. The summed E-state index contributed by atoms with van der Waals surface area (Å²) in [7, 11) is 0. The van der Waals surface area contributed by atoms with Gasteiger partial charge in [0.15, 0.2) is 0 Å². The van der Waals surface area contributed by atoms with E-state index in [1.165, 1.54) is 6.08 Å². The van der Waals surface area contributed by atoms with Gasteiger partial charge in [0.2, 0.25) is 11.8 Å².